The number of carboxylic acids is 1. The van der Waals surface area contributed by atoms with Gasteiger partial charge < -0.3 is 14.9 Å². The Morgan fingerprint density at radius 3 is 2.42 bits per heavy atom. The topological polar surface area (TPSA) is 60.9 Å². The van der Waals surface area contributed by atoms with Crippen LogP contribution in [0.2, 0.25) is 0 Å². The van der Waals surface area contributed by atoms with Crippen molar-refractivity contribution in [1.29, 1.82) is 0 Å². The van der Waals surface area contributed by atoms with Gasteiger partial charge in [-0.25, -0.2) is 4.79 Å². The molecule has 1 atom stereocenters. The van der Waals surface area contributed by atoms with E-state index in [0.717, 1.165) is 32.2 Å². The van der Waals surface area contributed by atoms with Gasteiger partial charge in [0.05, 0.1) is 0 Å². The molecule has 0 aromatic rings. The quantitative estimate of drug-likeness (QED) is 0.857. The summed E-state index contributed by atoms with van der Waals surface area (Å²) in [5, 5.41) is 9.01. The number of hydrogen-bond acceptors (Lipinski definition) is 2. The van der Waals surface area contributed by atoms with E-state index < -0.39 is 11.5 Å². The first kappa shape index (κ1) is 15.8. The first-order valence-corrected chi connectivity index (χ1v) is 7.07. The summed E-state index contributed by atoms with van der Waals surface area (Å²) in [6, 6.07) is 0.112. The molecular weight excluding hydrogens is 244 g/mol. The highest BCUT2D eigenvalue weighted by molar-refractivity contribution is 5.81. The van der Waals surface area contributed by atoms with Crippen molar-refractivity contribution in [2.24, 2.45) is 0 Å². The lowest BCUT2D eigenvalue weighted by atomic mass is 9.99. The van der Waals surface area contributed by atoms with Gasteiger partial charge in [0.25, 0.3) is 0 Å². The molecule has 0 radical (unpaired) electrons. The van der Waals surface area contributed by atoms with Gasteiger partial charge in [-0.05, 0) is 46.5 Å². The highest BCUT2D eigenvalue weighted by Crippen LogP contribution is 2.24. The van der Waals surface area contributed by atoms with Crippen LogP contribution in [0.1, 0.15) is 53.4 Å². The molecule has 1 aliphatic rings. The highest BCUT2D eigenvalue weighted by atomic mass is 16.4. The Labute approximate surface area is 115 Å². The fourth-order valence-electron chi connectivity index (χ4n) is 2.56. The molecule has 19 heavy (non-hydrogen) atoms. The molecule has 5 heteroatoms. The zero-order valence-corrected chi connectivity index (χ0v) is 12.5. The van der Waals surface area contributed by atoms with E-state index >= 15 is 0 Å². The van der Waals surface area contributed by atoms with Gasteiger partial charge in [0.15, 0.2) is 0 Å². The minimum Gasteiger partial charge on any atom is -0.480 e. The van der Waals surface area contributed by atoms with E-state index in [-0.39, 0.29) is 18.6 Å². The maximum atomic E-state index is 12.6. The second kappa shape index (κ2) is 6.26. The minimum atomic E-state index is -0.965. The number of rotatable bonds is 3. The molecule has 0 saturated carbocycles. The van der Waals surface area contributed by atoms with Crippen molar-refractivity contribution in [3.63, 3.8) is 0 Å². The van der Waals surface area contributed by atoms with E-state index in [4.69, 9.17) is 5.11 Å². The fourth-order valence-corrected chi connectivity index (χ4v) is 2.56. The molecule has 1 heterocycles. The lowest BCUT2D eigenvalue weighted by Gasteiger charge is -2.42. The Bertz CT molecular complexity index is 336. The van der Waals surface area contributed by atoms with Gasteiger partial charge in [-0.15, -0.1) is 0 Å². The number of nitrogens with zero attached hydrogens (tertiary/aromatic N) is 2. The van der Waals surface area contributed by atoms with Gasteiger partial charge in [0.2, 0.25) is 0 Å². The molecule has 0 bridgehead atoms. The van der Waals surface area contributed by atoms with E-state index in [1.807, 2.05) is 25.7 Å². The third-order valence-electron chi connectivity index (χ3n) is 3.68. The molecule has 0 aromatic carbocycles. The van der Waals surface area contributed by atoms with Crippen LogP contribution in [0, 0.1) is 0 Å². The molecule has 5 nitrogen and oxygen atoms in total. The van der Waals surface area contributed by atoms with Gasteiger partial charge in [0, 0.05) is 18.1 Å². The molecule has 1 saturated heterocycles. The number of carbonyl (C=O) groups is 2. The molecule has 1 fully saturated rings. The molecule has 0 aliphatic carbocycles. The monoisotopic (exact) mass is 270 g/mol. The number of amides is 2. The maximum Gasteiger partial charge on any atom is 0.323 e. The van der Waals surface area contributed by atoms with Crippen LogP contribution in [0.25, 0.3) is 0 Å². The molecule has 0 spiro atoms. The summed E-state index contributed by atoms with van der Waals surface area (Å²) in [5.74, 6) is -0.965. The minimum absolute atomic E-state index is 0.138. The summed E-state index contributed by atoms with van der Waals surface area (Å²) in [5.41, 5.74) is -0.481. The lowest BCUT2D eigenvalue weighted by Crippen LogP contribution is -2.57. The Kier molecular flexibility index (Phi) is 5.20. The summed E-state index contributed by atoms with van der Waals surface area (Å²) < 4.78 is 0. The van der Waals surface area contributed by atoms with Crippen molar-refractivity contribution in [2.75, 3.05) is 13.1 Å². The van der Waals surface area contributed by atoms with E-state index in [0.29, 0.717) is 0 Å². The SMILES string of the molecule is CCC1CCCCN1C(=O)N(CC(=O)O)C(C)(C)C. The number of urea groups is 1. The highest BCUT2D eigenvalue weighted by Gasteiger charge is 2.35. The predicted octanol–water partition coefficient (Wildman–Crippen LogP) is 2.56. The zero-order chi connectivity index (χ0) is 14.6. The fraction of sp³-hybridized carbons (Fsp3) is 0.857. The number of aliphatic carboxylic acids is 1. The van der Waals surface area contributed by atoms with Crippen molar-refractivity contribution in [1.82, 2.24) is 9.80 Å². The Balaban J connectivity index is 2.88. The third-order valence-corrected chi connectivity index (χ3v) is 3.68. The van der Waals surface area contributed by atoms with Gasteiger partial charge in [0.1, 0.15) is 6.54 Å². The second-order valence-electron chi connectivity index (χ2n) is 6.18. The summed E-state index contributed by atoms with van der Waals surface area (Å²) >= 11 is 0. The summed E-state index contributed by atoms with van der Waals surface area (Å²) in [6.07, 6.45) is 4.11. The van der Waals surface area contributed by atoms with Crippen molar-refractivity contribution >= 4 is 12.0 Å². The molecular formula is C14H26N2O3. The Morgan fingerprint density at radius 2 is 1.95 bits per heavy atom. The molecule has 110 valence electrons. The first-order valence-electron chi connectivity index (χ1n) is 7.07. The molecule has 0 aromatic heterocycles. The van der Waals surface area contributed by atoms with Crippen LogP contribution in [0.4, 0.5) is 4.79 Å². The Hall–Kier alpha value is -1.26. The third kappa shape index (κ3) is 4.11. The zero-order valence-electron chi connectivity index (χ0n) is 12.5. The van der Waals surface area contributed by atoms with Crippen LogP contribution in [0.5, 0.6) is 0 Å². The summed E-state index contributed by atoms with van der Waals surface area (Å²) in [6.45, 7) is 8.20. The smallest absolute Gasteiger partial charge is 0.323 e. The van der Waals surface area contributed by atoms with Crippen LogP contribution < -0.4 is 0 Å². The molecule has 1 rings (SSSR count). The number of piperidine rings is 1. The van der Waals surface area contributed by atoms with Gasteiger partial charge in [-0.3, -0.25) is 4.79 Å². The average molecular weight is 270 g/mol. The number of hydrogen-bond donors (Lipinski definition) is 1. The first-order chi connectivity index (χ1) is 8.77. The Morgan fingerprint density at radius 1 is 1.32 bits per heavy atom. The number of carbonyl (C=O) groups excluding carboxylic acids is 1. The second-order valence-corrected chi connectivity index (χ2v) is 6.18. The van der Waals surface area contributed by atoms with Crippen molar-refractivity contribution in [3.05, 3.63) is 0 Å². The van der Waals surface area contributed by atoms with E-state index in [2.05, 4.69) is 6.92 Å². The molecule has 1 N–H and O–H groups in total. The van der Waals surface area contributed by atoms with Gasteiger partial charge >= 0.3 is 12.0 Å². The maximum absolute atomic E-state index is 12.6. The largest absolute Gasteiger partial charge is 0.480 e. The van der Waals surface area contributed by atoms with Crippen LogP contribution in [-0.2, 0) is 4.79 Å². The number of likely N-dealkylation sites (tertiary alicyclic amines) is 1. The van der Waals surface area contributed by atoms with Crippen LogP contribution in [0.3, 0.4) is 0 Å². The molecule has 1 aliphatic heterocycles. The average Bonchev–Trinajstić information content (AvgIpc) is 2.33. The van der Waals surface area contributed by atoms with E-state index in [1.54, 1.807) is 0 Å². The van der Waals surface area contributed by atoms with Crippen molar-refractivity contribution < 1.29 is 14.7 Å². The predicted molar refractivity (Wildman–Crippen MR) is 74.1 cm³/mol. The van der Waals surface area contributed by atoms with Gasteiger partial charge in [-0.2, -0.15) is 0 Å². The molecule has 1 unspecified atom stereocenters. The van der Waals surface area contributed by atoms with Crippen LogP contribution in [0.15, 0.2) is 0 Å². The van der Waals surface area contributed by atoms with Crippen LogP contribution in [-0.4, -0.2) is 51.6 Å². The molecule has 2 amide bonds. The number of carboxylic acid groups (broad SMARTS) is 1. The standard InChI is InChI=1S/C14H26N2O3/c1-5-11-8-6-7-9-15(11)13(19)16(10-12(17)18)14(2,3)4/h11H,5-10H2,1-4H3,(H,17,18). The van der Waals surface area contributed by atoms with Crippen molar-refractivity contribution in [2.45, 2.75) is 65.0 Å². The van der Waals surface area contributed by atoms with Crippen LogP contribution >= 0.6 is 0 Å². The summed E-state index contributed by atoms with van der Waals surface area (Å²) in [7, 11) is 0. The normalized spacial score (nSPS) is 20.2. The van der Waals surface area contributed by atoms with Crippen molar-refractivity contribution in [3.8, 4) is 0 Å². The van der Waals surface area contributed by atoms with Gasteiger partial charge in [-0.1, -0.05) is 6.92 Å². The van der Waals surface area contributed by atoms with E-state index in [1.165, 1.54) is 4.90 Å². The summed E-state index contributed by atoms with van der Waals surface area (Å²) in [4.78, 5) is 26.9. The van der Waals surface area contributed by atoms with E-state index in [9.17, 15) is 9.59 Å². The lowest BCUT2D eigenvalue weighted by molar-refractivity contribution is -0.138.